The highest BCUT2D eigenvalue weighted by molar-refractivity contribution is 5.18. The Labute approximate surface area is 173 Å². The molecule has 0 bridgehead atoms. The fourth-order valence-electron chi connectivity index (χ4n) is 5.29. The molecule has 0 aliphatic carbocycles. The van der Waals surface area contributed by atoms with Gasteiger partial charge in [-0.25, -0.2) is 4.98 Å². The van der Waals surface area contributed by atoms with Gasteiger partial charge in [-0.05, 0) is 42.5 Å². The molecule has 0 N–H and O–H groups in total. The molecule has 2 aliphatic heterocycles. The van der Waals surface area contributed by atoms with Crippen LogP contribution >= 0.6 is 0 Å². The number of piperidine rings is 1. The lowest BCUT2D eigenvalue weighted by atomic mass is 9.70. The monoisotopic (exact) mass is 387 g/mol. The molecule has 29 heavy (non-hydrogen) atoms. The zero-order chi connectivity index (χ0) is 19.5. The van der Waals surface area contributed by atoms with Crippen LogP contribution in [0.25, 0.3) is 0 Å². The van der Waals surface area contributed by atoms with Crippen LogP contribution in [0.2, 0.25) is 0 Å². The van der Waals surface area contributed by atoms with E-state index < -0.39 is 0 Å². The molecule has 150 valence electrons. The summed E-state index contributed by atoms with van der Waals surface area (Å²) in [6.07, 6.45) is 5.94. The van der Waals surface area contributed by atoms with Crippen molar-refractivity contribution < 1.29 is 4.42 Å². The van der Waals surface area contributed by atoms with Crippen LogP contribution in [0, 0.1) is 5.41 Å². The van der Waals surface area contributed by atoms with E-state index in [9.17, 15) is 0 Å². The normalized spacial score (nSPS) is 22.3. The van der Waals surface area contributed by atoms with E-state index >= 15 is 0 Å². The second-order valence-corrected chi connectivity index (χ2v) is 8.70. The smallest absolute Gasteiger partial charge is 0.198 e. The Morgan fingerprint density at radius 1 is 0.862 bits per heavy atom. The molecule has 1 unspecified atom stereocenters. The van der Waals surface area contributed by atoms with Crippen LogP contribution < -0.4 is 0 Å². The van der Waals surface area contributed by atoms with Crippen molar-refractivity contribution in [2.75, 3.05) is 26.2 Å². The summed E-state index contributed by atoms with van der Waals surface area (Å²) in [6, 6.07) is 21.6. The van der Waals surface area contributed by atoms with Crippen LogP contribution in [-0.2, 0) is 13.1 Å². The van der Waals surface area contributed by atoms with Gasteiger partial charge >= 0.3 is 0 Å². The maximum absolute atomic E-state index is 5.81. The van der Waals surface area contributed by atoms with Gasteiger partial charge in [0.15, 0.2) is 5.89 Å². The topological polar surface area (TPSA) is 32.5 Å². The number of oxazole rings is 1. The molecule has 2 fully saturated rings. The molecule has 1 spiro atoms. The molecule has 0 radical (unpaired) electrons. The van der Waals surface area contributed by atoms with Crippen molar-refractivity contribution in [3.63, 3.8) is 0 Å². The van der Waals surface area contributed by atoms with Crippen molar-refractivity contribution in [2.45, 2.75) is 31.8 Å². The van der Waals surface area contributed by atoms with E-state index in [1.165, 1.54) is 24.0 Å². The van der Waals surface area contributed by atoms with Crippen LogP contribution in [-0.4, -0.2) is 41.0 Å². The minimum Gasteiger partial charge on any atom is -0.449 e. The van der Waals surface area contributed by atoms with Gasteiger partial charge in [0.2, 0.25) is 0 Å². The average molecular weight is 388 g/mol. The fraction of sp³-hybridized carbons (Fsp3) is 0.400. The lowest BCUT2D eigenvalue weighted by Crippen LogP contribution is -2.43. The third-order valence-corrected chi connectivity index (χ3v) is 6.82. The Kier molecular flexibility index (Phi) is 5.21. The Bertz CT molecular complexity index is 886. The van der Waals surface area contributed by atoms with Crippen molar-refractivity contribution in [3.05, 3.63) is 90.1 Å². The van der Waals surface area contributed by atoms with Gasteiger partial charge < -0.3 is 4.42 Å². The van der Waals surface area contributed by atoms with E-state index in [4.69, 9.17) is 4.42 Å². The maximum atomic E-state index is 5.81. The van der Waals surface area contributed by atoms with Crippen molar-refractivity contribution >= 4 is 0 Å². The Balaban J connectivity index is 1.30. The van der Waals surface area contributed by atoms with Gasteiger partial charge in [0, 0.05) is 26.2 Å². The maximum Gasteiger partial charge on any atom is 0.198 e. The number of rotatable bonds is 5. The van der Waals surface area contributed by atoms with Crippen LogP contribution in [0.4, 0.5) is 0 Å². The fourth-order valence-corrected chi connectivity index (χ4v) is 5.29. The number of aromatic nitrogens is 1. The summed E-state index contributed by atoms with van der Waals surface area (Å²) in [5.74, 6) is 1.32. The van der Waals surface area contributed by atoms with Crippen LogP contribution in [0.5, 0.6) is 0 Å². The minimum absolute atomic E-state index is 0.271. The van der Waals surface area contributed by atoms with Crippen LogP contribution in [0.3, 0.4) is 0 Å². The quantitative estimate of drug-likeness (QED) is 0.643. The Morgan fingerprint density at radius 2 is 1.48 bits per heavy atom. The summed E-state index contributed by atoms with van der Waals surface area (Å²) in [5, 5.41) is 0. The first kappa shape index (κ1) is 18.6. The van der Waals surface area contributed by atoms with Gasteiger partial charge in [-0.1, -0.05) is 60.7 Å². The number of benzene rings is 2. The van der Waals surface area contributed by atoms with E-state index in [1.54, 1.807) is 12.5 Å². The number of hydrogen-bond acceptors (Lipinski definition) is 4. The average Bonchev–Trinajstić information content (AvgIpc) is 3.40. The van der Waals surface area contributed by atoms with Gasteiger partial charge in [0.05, 0.1) is 12.1 Å². The molecule has 1 aromatic heterocycles. The van der Waals surface area contributed by atoms with Crippen LogP contribution in [0.15, 0.2) is 77.5 Å². The summed E-state index contributed by atoms with van der Waals surface area (Å²) < 4.78 is 5.81. The predicted molar refractivity (Wildman–Crippen MR) is 114 cm³/mol. The first-order valence-electron chi connectivity index (χ1n) is 10.7. The van der Waals surface area contributed by atoms with Gasteiger partial charge in [-0.15, -0.1) is 0 Å². The van der Waals surface area contributed by atoms with Crippen molar-refractivity contribution in [1.82, 2.24) is 14.8 Å². The first-order chi connectivity index (χ1) is 14.3. The van der Waals surface area contributed by atoms with E-state index in [-0.39, 0.29) is 5.41 Å². The molecule has 5 rings (SSSR count). The Hall–Kier alpha value is -2.43. The Morgan fingerprint density at radius 3 is 2.07 bits per heavy atom. The highest BCUT2D eigenvalue weighted by Crippen LogP contribution is 2.49. The minimum atomic E-state index is 0.271. The number of nitrogens with zero attached hydrogens (tertiary/aromatic N) is 3. The van der Waals surface area contributed by atoms with Crippen molar-refractivity contribution in [3.8, 4) is 0 Å². The van der Waals surface area contributed by atoms with Crippen molar-refractivity contribution in [1.29, 1.82) is 0 Å². The molecule has 4 nitrogen and oxygen atoms in total. The van der Waals surface area contributed by atoms with Crippen molar-refractivity contribution in [2.24, 2.45) is 5.41 Å². The standard InChI is InChI=1S/C25H29N3O/c1-3-7-21(8-4-1)17-27-14-11-25(12-15-27)20-28(18-22-9-5-2-6-10-22)19-23(25)24-26-13-16-29-24/h1-10,13,16,23H,11-12,14-15,17-20H2. The molecule has 2 aliphatic rings. The zero-order valence-corrected chi connectivity index (χ0v) is 16.9. The van der Waals surface area contributed by atoms with Gasteiger partial charge in [0.1, 0.15) is 6.26 Å². The SMILES string of the molecule is c1ccc(CN2CCC3(CC2)CN(Cc2ccccc2)CC3c2ncco2)cc1. The zero-order valence-electron chi connectivity index (χ0n) is 16.9. The van der Waals surface area contributed by atoms with Gasteiger partial charge in [-0.3, -0.25) is 9.80 Å². The summed E-state index contributed by atoms with van der Waals surface area (Å²) in [6.45, 7) is 6.51. The number of hydrogen-bond donors (Lipinski definition) is 0. The first-order valence-corrected chi connectivity index (χ1v) is 10.7. The van der Waals surface area contributed by atoms with Gasteiger partial charge in [-0.2, -0.15) is 0 Å². The molecular weight excluding hydrogens is 358 g/mol. The molecule has 2 saturated heterocycles. The summed E-state index contributed by atoms with van der Waals surface area (Å²) in [4.78, 5) is 9.78. The molecule has 3 heterocycles. The second-order valence-electron chi connectivity index (χ2n) is 8.70. The highest BCUT2D eigenvalue weighted by Gasteiger charge is 2.50. The number of likely N-dealkylation sites (tertiary alicyclic amines) is 2. The molecule has 1 atom stereocenters. The van der Waals surface area contributed by atoms with E-state index in [2.05, 4.69) is 75.4 Å². The molecule has 0 amide bonds. The van der Waals surface area contributed by atoms with E-state index in [0.717, 1.165) is 45.2 Å². The highest BCUT2D eigenvalue weighted by atomic mass is 16.3. The van der Waals surface area contributed by atoms with E-state index in [0.29, 0.717) is 5.92 Å². The second kappa shape index (κ2) is 8.13. The largest absolute Gasteiger partial charge is 0.449 e. The summed E-state index contributed by atoms with van der Waals surface area (Å²) in [5.41, 5.74) is 3.06. The molecule has 2 aromatic carbocycles. The third kappa shape index (κ3) is 4.00. The van der Waals surface area contributed by atoms with E-state index in [1.807, 2.05) is 0 Å². The molecular formula is C25H29N3O. The molecule has 4 heteroatoms. The third-order valence-electron chi connectivity index (χ3n) is 6.82. The van der Waals surface area contributed by atoms with Crippen LogP contribution in [0.1, 0.15) is 35.8 Å². The molecule has 3 aromatic rings. The lowest BCUT2D eigenvalue weighted by Gasteiger charge is -2.42. The predicted octanol–water partition coefficient (Wildman–Crippen LogP) is 4.56. The lowest BCUT2D eigenvalue weighted by molar-refractivity contribution is 0.0853. The summed E-state index contributed by atoms with van der Waals surface area (Å²) >= 11 is 0. The van der Waals surface area contributed by atoms with Gasteiger partial charge in [0.25, 0.3) is 0 Å². The summed E-state index contributed by atoms with van der Waals surface area (Å²) in [7, 11) is 0. The molecule has 0 saturated carbocycles.